The number of hydrogen-bond donors (Lipinski definition) is 1. The molecule has 4 nitrogen and oxygen atoms in total. The number of nitrogens with zero attached hydrogens (tertiary/aromatic N) is 1. The quantitative estimate of drug-likeness (QED) is 0.443. The van der Waals surface area contributed by atoms with E-state index in [1.807, 2.05) is 55.5 Å². The van der Waals surface area contributed by atoms with Crippen LogP contribution in [0, 0.1) is 12.3 Å². The van der Waals surface area contributed by atoms with Crippen molar-refractivity contribution in [2.45, 2.75) is 38.1 Å². The van der Waals surface area contributed by atoms with E-state index < -0.39 is 10.0 Å². The molecule has 0 radical (unpaired) electrons. The van der Waals surface area contributed by atoms with Crippen LogP contribution >= 0.6 is 0 Å². The second-order valence-electron chi connectivity index (χ2n) is 8.19. The van der Waals surface area contributed by atoms with Gasteiger partial charge in [0.05, 0.1) is 10.4 Å². The van der Waals surface area contributed by atoms with Crippen LogP contribution in [0.25, 0.3) is 10.9 Å². The first kappa shape index (κ1) is 22.1. The highest BCUT2D eigenvalue weighted by Gasteiger charge is 2.23. The van der Waals surface area contributed by atoms with E-state index in [0.717, 1.165) is 35.9 Å². The highest BCUT2D eigenvalue weighted by Crippen LogP contribution is 2.28. The summed E-state index contributed by atoms with van der Waals surface area (Å²) in [7, 11) is -3.67. The van der Waals surface area contributed by atoms with Gasteiger partial charge in [-0.2, -0.15) is 0 Å². The van der Waals surface area contributed by atoms with Gasteiger partial charge in [-0.1, -0.05) is 55.0 Å². The molecule has 1 heterocycles. The summed E-state index contributed by atoms with van der Waals surface area (Å²) >= 11 is 0. The lowest BCUT2D eigenvalue weighted by Gasteiger charge is -2.27. The van der Waals surface area contributed by atoms with Crippen molar-refractivity contribution in [2.75, 3.05) is 6.54 Å². The van der Waals surface area contributed by atoms with Crippen molar-refractivity contribution < 1.29 is 8.42 Å². The van der Waals surface area contributed by atoms with E-state index in [1.165, 1.54) is 3.97 Å². The molecule has 0 atom stereocenters. The lowest BCUT2D eigenvalue weighted by Crippen LogP contribution is -2.30. The number of rotatable bonds is 10. The molecular weight excluding hydrogens is 392 g/mol. The molecule has 0 aliphatic heterocycles. The van der Waals surface area contributed by atoms with Gasteiger partial charge in [-0.15, -0.1) is 13.2 Å². The normalized spacial score (nSPS) is 12.2. The van der Waals surface area contributed by atoms with Gasteiger partial charge in [0.1, 0.15) is 0 Å². The summed E-state index contributed by atoms with van der Waals surface area (Å²) in [6, 6.07) is 14.6. The van der Waals surface area contributed by atoms with Gasteiger partial charge in [0, 0.05) is 24.7 Å². The monoisotopic (exact) mass is 422 g/mol. The standard InChI is InChI=1S/C25H30N2O2S/c1-5-15-25(4,16-6-2)19-26-17-21-18-27(24-10-8-7-9-23(21)24)30(28,29)22-13-11-20(3)12-14-22/h5-14,18,26H,1-2,15-17,19H2,3-4H3. The minimum Gasteiger partial charge on any atom is -0.312 e. The Morgan fingerprint density at radius 3 is 2.30 bits per heavy atom. The van der Waals surface area contributed by atoms with Gasteiger partial charge in [-0.3, -0.25) is 0 Å². The molecule has 5 heteroatoms. The molecule has 0 saturated heterocycles. The molecule has 0 fully saturated rings. The summed E-state index contributed by atoms with van der Waals surface area (Å²) in [6.07, 6.45) is 7.38. The van der Waals surface area contributed by atoms with E-state index in [9.17, 15) is 8.42 Å². The Kier molecular flexibility index (Phi) is 6.64. The highest BCUT2D eigenvalue weighted by atomic mass is 32.2. The van der Waals surface area contributed by atoms with Crippen molar-refractivity contribution in [3.05, 3.63) is 91.2 Å². The van der Waals surface area contributed by atoms with Gasteiger partial charge in [0.2, 0.25) is 0 Å². The number of hydrogen-bond acceptors (Lipinski definition) is 3. The van der Waals surface area contributed by atoms with Gasteiger partial charge in [-0.05, 0) is 48.9 Å². The van der Waals surface area contributed by atoms with Gasteiger partial charge in [0.15, 0.2) is 0 Å². The van der Waals surface area contributed by atoms with Crippen molar-refractivity contribution in [3.63, 3.8) is 0 Å². The van der Waals surface area contributed by atoms with Crippen molar-refractivity contribution in [1.82, 2.24) is 9.29 Å². The van der Waals surface area contributed by atoms with Gasteiger partial charge in [0.25, 0.3) is 10.0 Å². The highest BCUT2D eigenvalue weighted by molar-refractivity contribution is 7.90. The van der Waals surface area contributed by atoms with Crippen LogP contribution in [0.5, 0.6) is 0 Å². The maximum absolute atomic E-state index is 13.3. The molecule has 158 valence electrons. The average molecular weight is 423 g/mol. The first-order chi connectivity index (χ1) is 14.3. The first-order valence-corrected chi connectivity index (χ1v) is 11.6. The third-order valence-electron chi connectivity index (χ3n) is 5.48. The van der Waals surface area contributed by atoms with Gasteiger partial charge < -0.3 is 5.32 Å². The summed E-state index contributed by atoms with van der Waals surface area (Å²) in [5.41, 5.74) is 2.71. The molecule has 1 aromatic heterocycles. The van der Waals surface area contributed by atoms with Gasteiger partial charge in [-0.25, -0.2) is 12.4 Å². The maximum Gasteiger partial charge on any atom is 0.268 e. The Hall–Kier alpha value is -2.63. The Bertz CT molecular complexity index is 1130. The smallest absolute Gasteiger partial charge is 0.268 e. The first-order valence-electron chi connectivity index (χ1n) is 10.1. The number of fused-ring (bicyclic) bond motifs is 1. The number of aromatic nitrogens is 1. The van der Waals surface area contributed by atoms with E-state index in [-0.39, 0.29) is 10.3 Å². The third kappa shape index (κ3) is 4.58. The summed E-state index contributed by atoms with van der Waals surface area (Å²) in [5, 5.41) is 4.45. The third-order valence-corrected chi connectivity index (χ3v) is 7.17. The molecule has 0 bridgehead atoms. The fourth-order valence-corrected chi connectivity index (χ4v) is 5.20. The van der Waals surface area contributed by atoms with Crippen LogP contribution in [-0.4, -0.2) is 18.9 Å². The molecule has 3 aromatic rings. The molecule has 2 aromatic carbocycles. The van der Waals surface area contributed by atoms with Crippen LogP contribution in [0.2, 0.25) is 0 Å². The number of allylic oxidation sites excluding steroid dienone is 2. The second kappa shape index (κ2) is 9.02. The van der Waals surface area contributed by atoms with Crippen molar-refractivity contribution in [3.8, 4) is 0 Å². The SMILES string of the molecule is C=CCC(C)(CC=C)CNCc1cn(S(=O)(=O)c2ccc(C)cc2)c2ccccc12. The lowest BCUT2D eigenvalue weighted by molar-refractivity contribution is 0.311. The van der Waals surface area contributed by atoms with E-state index in [1.54, 1.807) is 18.3 Å². The molecular formula is C25H30N2O2S. The van der Waals surface area contributed by atoms with Crippen LogP contribution in [0.3, 0.4) is 0 Å². The predicted octanol–water partition coefficient (Wildman–Crippen LogP) is 5.43. The summed E-state index contributed by atoms with van der Waals surface area (Å²) in [6.45, 7) is 13.3. The Labute approximate surface area is 180 Å². The zero-order valence-corrected chi connectivity index (χ0v) is 18.6. The fourth-order valence-electron chi connectivity index (χ4n) is 3.81. The largest absolute Gasteiger partial charge is 0.312 e. The Balaban J connectivity index is 1.92. The molecule has 3 rings (SSSR count). The van der Waals surface area contributed by atoms with Crippen molar-refractivity contribution in [1.29, 1.82) is 0 Å². The molecule has 0 aliphatic rings. The van der Waals surface area contributed by atoms with E-state index in [0.29, 0.717) is 12.1 Å². The summed E-state index contributed by atoms with van der Waals surface area (Å²) in [4.78, 5) is 0.290. The number of para-hydroxylation sites is 1. The Morgan fingerprint density at radius 1 is 1.03 bits per heavy atom. The van der Waals surface area contributed by atoms with Crippen molar-refractivity contribution in [2.24, 2.45) is 5.41 Å². The average Bonchev–Trinajstić information content (AvgIpc) is 3.08. The molecule has 0 amide bonds. The van der Waals surface area contributed by atoms with Crippen molar-refractivity contribution >= 4 is 20.9 Å². The van der Waals surface area contributed by atoms with Crippen LogP contribution in [0.4, 0.5) is 0 Å². The van der Waals surface area contributed by atoms with Crippen LogP contribution < -0.4 is 5.32 Å². The molecule has 1 N–H and O–H groups in total. The zero-order valence-electron chi connectivity index (χ0n) is 17.8. The summed E-state index contributed by atoms with van der Waals surface area (Å²) in [5.74, 6) is 0. The molecule has 0 aliphatic carbocycles. The number of nitrogens with one attached hydrogen (secondary N) is 1. The molecule has 0 spiro atoms. The van der Waals surface area contributed by atoms with Crippen LogP contribution in [0.15, 0.2) is 84.9 Å². The number of aryl methyl sites for hydroxylation is 1. The zero-order chi connectivity index (χ0) is 21.8. The van der Waals surface area contributed by atoms with Crippen LogP contribution in [0.1, 0.15) is 30.9 Å². The molecule has 0 saturated carbocycles. The van der Waals surface area contributed by atoms with E-state index in [4.69, 9.17) is 0 Å². The van der Waals surface area contributed by atoms with Gasteiger partial charge >= 0.3 is 0 Å². The van der Waals surface area contributed by atoms with E-state index in [2.05, 4.69) is 25.4 Å². The minimum atomic E-state index is -3.67. The minimum absolute atomic E-state index is 0.0375. The lowest BCUT2D eigenvalue weighted by atomic mass is 9.83. The topological polar surface area (TPSA) is 51.1 Å². The number of benzene rings is 2. The maximum atomic E-state index is 13.3. The van der Waals surface area contributed by atoms with E-state index >= 15 is 0 Å². The summed E-state index contributed by atoms with van der Waals surface area (Å²) < 4.78 is 28.0. The second-order valence-corrected chi connectivity index (χ2v) is 10.0. The predicted molar refractivity (Wildman–Crippen MR) is 125 cm³/mol. The van der Waals surface area contributed by atoms with Crippen LogP contribution in [-0.2, 0) is 16.6 Å². The Morgan fingerprint density at radius 2 is 1.67 bits per heavy atom. The fraction of sp³-hybridized carbons (Fsp3) is 0.280. The molecule has 0 unspecified atom stereocenters. The molecule has 30 heavy (non-hydrogen) atoms.